The van der Waals surface area contributed by atoms with Gasteiger partial charge < -0.3 is 25.5 Å². The maximum atomic E-state index is 12.5. The summed E-state index contributed by atoms with van der Waals surface area (Å²) in [7, 11) is 0. The second kappa shape index (κ2) is 14.5. The minimum atomic E-state index is -1.17. The molecule has 0 aromatic heterocycles. The van der Waals surface area contributed by atoms with Gasteiger partial charge in [-0.15, -0.1) is 0 Å². The molecule has 0 aliphatic carbocycles. The van der Waals surface area contributed by atoms with Gasteiger partial charge in [0.1, 0.15) is 0 Å². The SMILES string of the molecule is CCN(CC)CCCNC(=O)c1cc(C(=O)O)cc(C(=O)NCCCN(CC)CC)c1. The van der Waals surface area contributed by atoms with E-state index < -0.39 is 5.97 Å². The van der Waals surface area contributed by atoms with Gasteiger partial charge in [0.25, 0.3) is 11.8 Å². The van der Waals surface area contributed by atoms with Crippen LogP contribution in [0.4, 0.5) is 0 Å². The number of benzene rings is 1. The van der Waals surface area contributed by atoms with Gasteiger partial charge in [-0.2, -0.15) is 0 Å². The molecule has 0 saturated heterocycles. The molecule has 0 fully saturated rings. The van der Waals surface area contributed by atoms with E-state index in [0.717, 1.165) is 52.1 Å². The van der Waals surface area contributed by atoms with E-state index in [1.165, 1.54) is 18.2 Å². The number of nitrogens with zero attached hydrogens (tertiary/aromatic N) is 2. The minimum absolute atomic E-state index is 0.0796. The summed E-state index contributed by atoms with van der Waals surface area (Å²) in [6, 6.07) is 4.06. The van der Waals surface area contributed by atoms with E-state index in [-0.39, 0.29) is 28.5 Å². The Balaban J connectivity index is 2.72. The molecule has 8 heteroatoms. The third kappa shape index (κ3) is 9.48. The number of nitrogens with one attached hydrogen (secondary N) is 2. The number of carboxylic acids is 1. The number of rotatable bonds is 15. The molecule has 1 aromatic carbocycles. The topological polar surface area (TPSA) is 102 Å². The number of carbonyl (C=O) groups is 3. The van der Waals surface area contributed by atoms with E-state index in [1.807, 2.05) is 0 Å². The first-order chi connectivity index (χ1) is 14.9. The summed E-state index contributed by atoms with van der Waals surface area (Å²) in [4.78, 5) is 41.1. The van der Waals surface area contributed by atoms with E-state index in [4.69, 9.17) is 0 Å². The third-order valence-electron chi connectivity index (χ3n) is 5.37. The molecule has 2 amide bonds. The Morgan fingerprint density at radius 3 is 1.39 bits per heavy atom. The molecule has 0 bridgehead atoms. The minimum Gasteiger partial charge on any atom is -0.478 e. The van der Waals surface area contributed by atoms with E-state index in [9.17, 15) is 19.5 Å². The van der Waals surface area contributed by atoms with Gasteiger partial charge in [0.05, 0.1) is 5.56 Å². The van der Waals surface area contributed by atoms with Crippen LogP contribution >= 0.6 is 0 Å². The van der Waals surface area contributed by atoms with Crippen LogP contribution in [0, 0.1) is 0 Å². The highest BCUT2D eigenvalue weighted by Crippen LogP contribution is 2.11. The smallest absolute Gasteiger partial charge is 0.335 e. The molecule has 0 unspecified atom stereocenters. The monoisotopic (exact) mass is 434 g/mol. The highest BCUT2D eigenvalue weighted by atomic mass is 16.4. The Hall–Kier alpha value is -2.45. The van der Waals surface area contributed by atoms with E-state index in [0.29, 0.717) is 13.1 Å². The number of aromatic carboxylic acids is 1. The van der Waals surface area contributed by atoms with Crippen molar-refractivity contribution in [1.82, 2.24) is 20.4 Å². The molecule has 0 radical (unpaired) electrons. The molecular weight excluding hydrogens is 396 g/mol. The fourth-order valence-electron chi connectivity index (χ4n) is 3.31. The van der Waals surface area contributed by atoms with Crippen molar-refractivity contribution in [3.63, 3.8) is 0 Å². The number of carbonyl (C=O) groups excluding carboxylic acids is 2. The second-order valence-electron chi connectivity index (χ2n) is 7.38. The first kappa shape index (κ1) is 26.6. The highest BCUT2D eigenvalue weighted by molar-refractivity contribution is 6.03. The number of amides is 2. The summed E-state index contributed by atoms with van der Waals surface area (Å²) in [6.45, 7) is 14.9. The average Bonchev–Trinajstić information content (AvgIpc) is 2.78. The summed E-state index contributed by atoms with van der Waals surface area (Å²) in [5.74, 6) is -1.93. The fourth-order valence-corrected chi connectivity index (χ4v) is 3.31. The lowest BCUT2D eigenvalue weighted by Gasteiger charge is -2.18. The molecule has 31 heavy (non-hydrogen) atoms. The molecule has 0 saturated carbocycles. The first-order valence-electron chi connectivity index (χ1n) is 11.3. The van der Waals surface area contributed by atoms with Crippen molar-refractivity contribution in [3.05, 3.63) is 34.9 Å². The molecule has 0 aliphatic rings. The van der Waals surface area contributed by atoms with Crippen LogP contribution in [-0.2, 0) is 0 Å². The van der Waals surface area contributed by atoms with Crippen molar-refractivity contribution in [2.45, 2.75) is 40.5 Å². The Morgan fingerprint density at radius 2 is 1.06 bits per heavy atom. The molecular formula is C23H38N4O4. The number of carboxylic acid groups (broad SMARTS) is 1. The molecule has 1 aromatic rings. The molecule has 0 atom stereocenters. The quantitative estimate of drug-likeness (QED) is 0.366. The van der Waals surface area contributed by atoms with Gasteiger partial charge in [-0.3, -0.25) is 9.59 Å². The molecule has 1 rings (SSSR count). The predicted octanol–water partition coefficient (Wildman–Crippen LogP) is 2.31. The molecule has 0 spiro atoms. The van der Waals surface area contributed by atoms with Crippen molar-refractivity contribution < 1.29 is 19.5 Å². The summed E-state index contributed by atoms with van der Waals surface area (Å²) in [5, 5.41) is 15.0. The van der Waals surface area contributed by atoms with Crippen LogP contribution in [0.3, 0.4) is 0 Å². The Labute approximate surface area is 186 Å². The van der Waals surface area contributed by atoms with Crippen molar-refractivity contribution >= 4 is 17.8 Å². The van der Waals surface area contributed by atoms with Crippen molar-refractivity contribution in [1.29, 1.82) is 0 Å². The van der Waals surface area contributed by atoms with Crippen molar-refractivity contribution in [3.8, 4) is 0 Å². The van der Waals surface area contributed by atoms with E-state index in [2.05, 4.69) is 48.1 Å². The normalized spacial score (nSPS) is 11.0. The van der Waals surface area contributed by atoms with Crippen LogP contribution in [-0.4, -0.2) is 85.0 Å². The second-order valence-corrected chi connectivity index (χ2v) is 7.38. The maximum absolute atomic E-state index is 12.5. The fraction of sp³-hybridized carbons (Fsp3) is 0.609. The molecule has 174 valence electrons. The van der Waals surface area contributed by atoms with Crippen LogP contribution in [0.25, 0.3) is 0 Å². The van der Waals surface area contributed by atoms with Crippen LogP contribution in [0.5, 0.6) is 0 Å². The molecule has 8 nitrogen and oxygen atoms in total. The summed E-state index contributed by atoms with van der Waals surface area (Å²) < 4.78 is 0. The lowest BCUT2D eigenvalue weighted by atomic mass is 10.0. The van der Waals surface area contributed by atoms with Gasteiger partial charge in [-0.1, -0.05) is 27.7 Å². The van der Waals surface area contributed by atoms with Gasteiger partial charge in [-0.05, 0) is 70.3 Å². The Kier molecular flexibility index (Phi) is 12.5. The first-order valence-corrected chi connectivity index (χ1v) is 11.3. The Bertz CT molecular complexity index is 665. The lowest BCUT2D eigenvalue weighted by molar-refractivity contribution is 0.0697. The highest BCUT2D eigenvalue weighted by Gasteiger charge is 2.16. The number of hydrogen-bond acceptors (Lipinski definition) is 5. The molecule has 0 aliphatic heterocycles. The summed E-state index contributed by atoms with van der Waals surface area (Å²) in [6.07, 6.45) is 1.60. The van der Waals surface area contributed by atoms with Gasteiger partial charge >= 0.3 is 5.97 Å². The zero-order chi connectivity index (χ0) is 23.2. The van der Waals surface area contributed by atoms with Crippen LogP contribution < -0.4 is 10.6 Å². The molecule has 0 heterocycles. The van der Waals surface area contributed by atoms with Gasteiger partial charge in [0.2, 0.25) is 0 Å². The maximum Gasteiger partial charge on any atom is 0.335 e. The average molecular weight is 435 g/mol. The van der Waals surface area contributed by atoms with Crippen LogP contribution in [0.1, 0.15) is 71.6 Å². The molecule has 3 N–H and O–H groups in total. The van der Waals surface area contributed by atoms with Gasteiger partial charge in [0.15, 0.2) is 0 Å². The van der Waals surface area contributed by atoms with E-state index in [1.54, 1.807) is 0 Å². The standard InChI is InChI=1S/C23H38N4O4/c1-5-26(6-2)13-9-11-24-21(28)18-15-19(17-20(16-18)23(30)31)22(29)25-12-10-14-27(7-3)8-4/h15-17H,5-14H2,1-4H3,(H,24,28)(H,25,29)(H,30,31). The largest absolute Gasteiger partial charge is 0.478 e. The summed E-state index contributed by atoms with van der Waals surface area (Å²) in [5.41, 5.74) is 0.274. The van der Waals surface area contributed by atoms with E-state index >= 15 is 0 Å². The summed E-state index contributed by atoms with van der Waals surface area (Å²) >= 11 is 0. The van der Waals surface area contributed by atoms with Gasteiger partial charge in [0, 0.05) is 24.2 Å². The third-order valence-corrected chi connectivity index (χ3v) is 5.37. The lowest BCUT2D eigenvalue weighted by Crippen LogP contribution is -2.31. The van der Waals surface area contributed by atoms with Crippen molar-refractivity contribution in [2.24, 2.45) is 0 Å². The predicted molar refractivity (Wildman–Crippen MR) is 123 cm³/mol. The van der Waals surface area contributed by atoms with Crippen molar-refractivity contribution in [2.75, 3.05) is 52.4 Å². The number of hydrogen-bond donors (Lipinski definition) is 3. The zero-order valence-electron chi connectivity index (χ0n) is 19.4. The van der Waals surface area contributed by atoms with Crippen LogP contribution in [0.15, 0.2) is 18.2 Å². The van der Waals surface area contributed by atoms with Gasteiger partial charge in [-0.25, -0.2) is 4.79 Å². The zero-order valence-corrected chi connectivity index (χ0v) is 19.4. The Morgan fingerprint density at radius 1 is 0.710 bits per heavy atom. The van der Waals surface area contributed by atoms with Crippen LogP contribution in [0.2, 0.25) is 0 Å².